The lowest BCUT2D eigenvalue weighted by atomic mass is 10.4. The van der Waals surface area contributed by atoms with Gasteiger partial charge in [0.05, 0.1) is 11.5 Å². The Hall–Kier alpha value is -0.430. The number of nitrogens with one attached hydrogen (secondary N) is 1. The second kappa shape index (κ2) is 5.27. The molecule has 1 unspecified atom stereocenters. The molecule has 4 nitrogen and oxygen atoms in total. The van der Waals surface area contributed by atoms with Crippen LogP contribution in [0.3, 0.4) is 0 Å². The smallest absolute Gasteiger partial charge is 0.241 e. The van der Waals surface area contributed by atoms with Gasteiger partial charge in [-0.05, 0) is 26.8 Å². The third-order valence-corrected chi connectivity index (χ3v) is 4.87. The first-order valence-electron chi connectivity index (χ1n) is 4.95. The zero-order valence-electron chi connectivity index (χ0n) is 9.90. The van der Waals surface area contributed by atoms with Crippen LogP contribution in [-0.2, 0) is 14.8 Å². The molecule has 1 atom stereocenters. The van der Waals surface area contributed by atoms with Crippen molar-refractivity contribution >= 4 is 21.4 Å². The van der Waals surface area contributed by atoms with Crippen molar-refractivity contribution in [3.63, 3.8) is 0 Å². The number of ether oxygens (including phenoxy) is 1. The number of hydrogen-bond donors (Lipinski definition) is 1. The highest BCUT2D eigenvalue weighted by atomic mass is 32.2. The summed E-state index contributed by atoms with van der Waals surface area (Å²) in [5.41, 5.74) is 0. The van der Waals surface area contributed by atoms with Gasteiger partial charge in [-0.3, -0.25) is 0 Å². The van der Waals surface area contributed by atoms with Crippen LogP contribution in [-0.4, -0.2) is 28.2 Å². The van der Waals surface area contributed by atoms with Gasteiger partial charge in [-0.25, -0.2) is 13.1 Å². The van der Waals surface area contributed by atoms with Crippen LogP contribution >= 0.6 is 11.3 Å². The minimum absolute atomic E-state index is 0.227. The predicted molar refractivity (Wildman–Crippen MR) is 65.5 cm³/mol. The van der Waals surface area contributed by atoms with Gasteiger partial charge < -0.3 is 4.74 Å². The van der Waals surface area contributed by atoms with Crippen molar-refractivity contribution in [2.45, 2.75) is 31.7 Å². The Kier molecular flexibility index (Phi) is 4.49. The highest BCUT2D eigenvalue weighted by Gasteiger charge is 2.21. The Labute approximate surface area is 101 Å². The van der Waals surface area contributed by atoms with Gasteiger partial charge in [-0.1, -0.05) is 0 Å². The van der Waals surface area contributed by atoms with Crippen molar-refractivity contribution in [3.8, 4) is 0 Å². The van der Waals surface area contributed by atoms with Gasteiger partial charge in [0.25, 0.3) is 0 Å². The van der Waals surface area contributed by atoms with Gasteiger partial charge in [0.2, 0.25) is 10.0 Å². The Morgan fingerprint density at radius 1 is 1.50 bits per heavy atom. The minimum Gasteiger partial charge on any atom is -0.383 e. The van der Waals surface area contributed by atoms with Crippen LogP contribution < -0.4 is 4.72 Å². The molecule has 0 aliphatic rings. The number of hydrogen-bond acceptors (Lipinski definition) is 4. The van der Waals surface area contributed by atoms with Crippen molar-refractivity contribution in [2.24, 2.45) is 0 Å². The quantitative estimate of drug-likeness (QED) is 0.879. The van der Waals surface area contributed by atoms with Gasteiger partial charge in [-0.15, -0.1) is 11.3 Å². The number of methoxy groups -OCH3 is 1. The van der Waals surface area contributed by atoms with Gasteiger partial charge in [0, 0.05) is 22.9 Å². The molecule has 1 rings (SSSR count). The standard InChI is InChI=1S/C10H17NO3S2/c1-7(6-14-4)11-16(12,13)10-5-8(2)15-9(10)3/h5,7,11H,6H2,1-4H3. The molecule has 1 N–H and O–H groups in total. The second-order valence-electron chi connectivity index (χ2n) is 3.76. The first kappa shape index (κ1) is 13.6. The number of aryl methyl sites for hydroxylation is 2. The van der Waals surface area contributed by atoms with Crippen molar-refractivity contribution in [1.82, 2.24) is 4.72 Å². The normalized spacial score (nSPS) is 14.0. The molecule has 1 aromatic heterocycles. The van der Waals surface area contributed by atoms with E-state index in [-0.39, 0.29) is 6.04 Å². The lowest BCUT2D eigenvalue weighted by molar-refractivity contribution is 0.180. The van der Waals surface area contributed by atoms with Gasteiger partial charge in [0.1, 0.15) is 0 Å². The van der Waals surface area contributed by atoms with E-state index in [1.165, 1.54) is 11.3 Å². The third-order valence-electron chi connectivity index (χ3n) is 2.06. The summed E-state index contributed by atoms with van der Waals surface area (Å²) in [6.45, 7) is 5.85. The largest absolute Gasteiger partial charge is 0.383 e. The van der Waals surface area contributed by atoms with Crippen LogP contribution in [0, 0.1) is 13.8 Å². The molecule has 0 amide bonds. The molecule has 0 spiro atoms. The molecular formula is C10H17NO3S2. The lowest BCUT2D eigenvalue weighted by Gasteiger charge is -2.12. The number of sulfonamides is 1. The fourth-order valence-corrected chi connectivity index (χ4v) is 4.27. The first-order valence-corrected chi connectivity index (χ1v) is 7.25. The van der Waals surface area contributed by atoms with Crippen molar-refractivity contribution in [1.29, 1.82) is 0 Å². The predicted octanol–water partition coefficient (Wildman–Crippen LogP) is 1.68. The molecule has 1 heterocycles. The Morgan fingerprint density at radius 3 is 2.56 bits per heavy atom. The summed E-state index contributed by atoms with van der Waals surface area (Å²) in [5.74, 6) is 0. The average Bonchev–Trinajstić information content (AvgIpc) is 2.45. The molecular weight excluding hydrogens is 246 g/mol. The molecule has 0 radical (unpaired) electrons. The second-order valence-corrected chi connectivity index (χ2v) is 6.90. The highest BCUT2D eigenvalue weighted by molar-refractivity contribution is 7.89. The molecule has 0 saturated carbocycles. The molecule has 16 heavy (non-hydrogen) atoms. The van der Waals surface area contributed by atoms with E-state index >= 15 is 0 Å². The van der Waals surface area contributed by atoms with E-state index in [0.717, 1.165) is 9.75 Å². The van der Waals surface area contributed by atoms with Crippen LogP contribution in [0.2, 0.25) is 0 Å². The van der Waals surface area contributed by atoms with Crippen LogP contribution in [0.1, 0.15) is 16.7 Å². The highest BCUT2D eigenvalue weighted by Crippen LogP contribution is 2.24. The van der Waals surface area contributed by atoms with E-state index in [1.807, 2.05) is 13.8 Å². The van der Waals surface area contributed by atoms with E-state index < -0.39 is 10.0 Å². The molecule has 0 saturated heterocycles. The maximum absolute atomic E-state index is 12.0. The van der Waals surface area contributed by atoms with E-state index in [0.29, 0.717) is 11.5 Å². The van der Waals surface area contributed by atoms with Gasteiger partial charge >= 0.3 is 0 Å². The topological polar surface area (TPSA) is 55.4 Å². The third kappa shape index (κ3) is 3.28. The summed E-state index contributed by atoms with van der Waals surface area (Å²) in [5, 5.41) is 0. The molecule has 6 heteroatoms. The zero-order valence-corrected chi connectivity index (χ0v) is 11.5. The molecule has 0 aromatic carbocycles. The molecule has 0 aliphatic carbocycles. The average molecular weight is 263 g/mol. The fourth-order valence-electron chi connectivity index (χ4n) is 1.49. The Balaban J connectivity index is 2.90. The molecule has 1 aromatic rings. The van der Waals surface area contributed by atoms with Crippen LogP contribution in [0.25, 0.3) is 0 Å². The molecule has 0 fully saturated rings. The maximum Gasteiger partial charge on any atom is 0.241 e. The van der Waals surface area contributed by atoms with Crippen LogP contribution in [0.15, 0.2) is 11.0 Å². The van der Waals surface area contributed by atoms with E-state index in [2.05, 4.69) is 4.72 Å². The number of thiophene rings is 1. The first-order chi connectivity index (χ1) is 7.36. The van der Waals surface area contributed by atoms with Gasteiger partial charge in [-0.2, -0.15) is 0 Å². The van der Waals surface area contributed by atoms with Crippen molar-refractivity contribution in [2.75, 3.05) is 13.7 Å². The summed E-state index contributed by atoms with van der Waals surface area (Å²) >= 11 is 1.49. The monoisotopic (exact) mass is 263 g/mol. The lowest BCUT2D eigenvalue weighted by Crippen LogP contribution is -2.35. The number of rotatable bonds is 5. The van der Waals surface area contributed by atoms with E-state index in [9.17, 15) is 8.42 Å². The maximum atomic E-state index is 12.0. The summed E-state index contributed by atoms with van der Waals surface area (Å²) in [6.07, 6.45) is 0. The summed E-state index contributed by atoms with van der Waals surface area (Å²) in [4.78, 5) is 2.19. The molecule has 0 aliphatic heterocycles. The Bertz CT molecular complexity index is 451. The summed E-state index contributed by atoms with van der Waals surface area (Å²) in [7, 11) is -1.86. The zero-order chi connectivity index (χ0) is 12.3. The minimum atomic E-state index is -3.41. The van der Waals surface area contributed by atoms with E-state index in [1.54, 1.807) is 20.1 Å². The van der Waals surface area contributed by atoms with Gasteiger partial charge in [0.15, 0.2) is 0 Å². The van der Waals surface area contributed by atoms with E-state index in [4.69, 9.17) is 4.74 Å². The van der Waals surface area contributed by atoms with Crippen LogP contribution in [0.5, 0.6) is 0 Å². The van der Waals surface area contributed by atoms with Crippen LogP contribution in [0.4, 0.5) is 0 Å². The molecule has 92 valence electrons. The molecule has 0 bridgehead atoms. The summed E-state index contributed by atoms with van der Waals surface area (Å²) < 4.78 is 31.5. The Morgan fingerprint density at radius 2 is 2.12 bits per heavy atom. The fraction of sp³-hybridized carbons (Fsp3) is 0.600. The summed E-state index contributed by atoms with van der Waals surface area (Å²) in [6, 6.07) is 1.47. The van der Waals surface area contributed by atoms with Crippen molar-refractivity contribution in [3.05, 3.63) is 15.8 Å². The van der Waals surface area contributed by atoms with Crippen molar-refractivity contribution < 1.29 is 13.2 Å². The SMILES string of the molecule is COCC(C)NS(=O)(=O)c1cc(C)sc1C.